The molecule has 0 radical (unpaired) electrons. The Morgan fingerprint density at radius 3 is 2.11 bits per heavy atom. The lowest BCUT2D eigenvalue weighted by molar-refractivity contribution is 0.0747. The topological polar surface area (TPSA) is 52.2 Å². The van der Waals surface area contributed by atoms with Crippen molar-refractivity contribution in [3.63, 3.8) is 0 Å². The van der Waals surface area contributed by atoms with Crippen LogP contribution in [-0.2, 0) is 0 Å². The average molecular weight is 360 g/mol. The van der Waals surface area contributed by atoms with Gasteiger partial charge in [-0.15, -0.1) is 0 Å². The van der Waals surface area contributed by atoms with Crippen LogP contribution in [0.25, 0.3) is 11.1 Å². The lowest BCUT2D eigenvalue weighted by Gasteiger charge is -2.36. The number of hydrogen-bond donors (Lipinski definition) is 1. The molecule has 1 saturated heterocycles. The number of hydrogen-bond acceptors (Lipinski definition) is 3. The number of rotatable bonds is 3. The lowest BCUT2D eigenvalue weighted by atomic mass is 10.0. The molecule has 1 amide bonds. The van der Waals surface area contributed by atoms with E-state index < -0.39 is 0 Å². The van der Waals surface area contributed by atoms with Crippen LogP contribution in [0.5, 0.6) is 0 Å². The molecule has 0 atom stereocenters. The van der Waals surface area contributed by atoms with Gasteiger partial charge in [0.1, 0.15) is 0 Å². The zero-order valence-corrected chi connectivity index (χ0v) is 15.8. The predicted octanol–water partition coefficient (Wildman–Crippen LogP) is 3.66. The van der Waals surface area contributed by atoms with Crippen molar-refractivity contribution in [2.45, 2.75) is 13.8 Å². The molecule has 2 aromatic carbocycles. The quantitative estimate of drug-likeness (QED) is 0.776. The summed E-state index contributed by atoms with van der Waals surface area (Å²) in [6.45, 7) is 7.17. The smallest absolute Gasteiger partial charge is 0.253 e. The average Bonchev–Trinajstić information content (AvgIpc) is 3.06. The van der Waals surface area contributed by atoms with Crippen LogP contribution in [-0.4, -0.2) is 47.2 Å². The molecule has 0 aliphatic carbocycles. The maximum absolute atomic E-state index is 12.9. The van der Waals surface area contributed by atoms with Crippen LogP contribution < -0.4 is 4.90 Å². The molecule has 0 saturated carbocycles. The second kappa shape index (κ2) is 7.27. The standard InChI is InChI=1S/C22H24N4O/c1-16-21(17(2)24-23-16)25-12-14-26(15-13-25)22(27)20-10-8-19(9-11-20)18-6-4-3-5-7-18/h3-11H,12-15H2,1-2H3,(H,23,24). The minimum Gasteiger partial charge on any atom is -0.365 e. The third kappa shape index (κ3) is 3.45. The van der Waals surface area contributed by atoms with Crippen molar-refractivity contribution >= 4 is 11.6 Å². The first-order valence-electron chi connectivity index (χ1n) is 9.35. The van der Waals surface area contributed by atoms with E-state index in [-0.39, 0.29) is 5.91 Å². The highest BCUT2D eigenvalue weighted by molar-refractivity contribution is 5.95. The van der Waals surface area contributed by atoms with Gasteiger partial charge in [0.15, 0.2) is 0 Å². The Labute approximate surface area is 159 Å². The molecule has 1 aromatic heterocycles. The molecule has 0 bridgehead atoms. The lowest BCUT2D eigenvalue weighted by Crippen LogP contribution is -2.49. The number of aromatic amines is 1. The highest BCUT2D eigenvalue weighted by atomic mass is 16.2. The Morgan fingerprint density at radius 2 is 1.52 bits per heavy atom. The number of nitrogens with zero attached hydrogens (tertiary/aromatic N) is 3. The number of carbonyl (C=O) groups excluding carboxylic acids is 1. The van der Waals surface area contributed by atoms with Crippen LogP contribution >= 0.6 is 0 Å². The van der Waals surface area contributed by atoms with Crippen molar-refractivity contribution in [3.8, 4) is 11.1 Å². The van der Waals surface area contributed by atoms with Gasteiger partial charge in [-0.2, -0.15) is 5.10 Å². The van der Waals surface area contributed by atoms with Crippen molar-refractivity contribution in [1.82, 2.24) is 15.1 Å². The number of carbonyl (C=O) groups is 1. The highest BCUT2D eigenvalue weighted by Gasteiger charge is 2.24. The molecule has 138 valence electrons. The summed E-state index contributed by atoms with van der Waals surface area (Å²) in [6, 6.07) is 18.1. The fourth-order valence-electron chi connectivity index (χ4n) is 3.76. The zero-order chi connectivity index (χ0) is 18.8. The Bertz CT molecular complexity index is 903. The fourth-order valence-corrected chi connectivity index (χ4v) is 3.76. The van der Waals surface area contributed by atoms with Gasteiger partial charge < -0.3 is 9.80 Å². The molecular weight excluding hydrogens is 336 g/mol. The first-order chi connectivity index (χ1) is 13.1. The molecule has 0 unspecified atom stereocenters. The van der Waals surface area contributed by atoms with E-state index >= 15 is 0 Å². The van der Waals surface area contributed by atoms with E-state index in [1.807, 2.05) is 61.2 Å². The van der Waals surface area contributed by atoms with Gasteiger partial charge in [0.25, 0.3) is 5.91 Å². The Hall–Kier alpha value is -3.08. The summed E-state index contributed by atoms with van der Waals surface area (Å²) >= 11 is 0. The minimum absolute atomic E-state index is 0.106. The molecule has 1 fully saturated rings. The third-order valence-electron chi connectivity index (χ3n) is 5.21. The maximum atomic E-state index is 12.9. The van der Waals surface area contributed by atoms with E-state index in [1.165, 1.54) is 5.69 Å². The number of aromatic nitrogens is 2. The molecule has 3 aromatic rings. The van der Waals surface area contributed by atoms with E-state index in [1.54, 1.807) is 0 Å². The van der Waals surface area contributed by atoms with Crippen molar-refractivity contribution < 1.29 is 4.79 Å². The third-order valence-corrected chi connectivity index (χ3v) is 5.21. The maximum Gasteiger partial charge on any atom is 0.253 e. The van der Waals surface area contributed by atoms with Crippen molar-refractivity contribution in [1.29, 1.82) is 0 Å². The summed E-state index contributed by atoms with van der Waals surface area (Å²) in [5, 5.41) is 7.32. The van der Waals surface area contributed by atoms with Gasteiger partial charge in [0.2, 0.25) is 0 Å². The summed E-state index contributed by atoms with van der Waals surface area (Å²) in [6.07, 6.45) is 0. The van der Waals surface area contributed by atoms with Crippen LogP contribution in [0.15, 0.2) is 54.6 Å². The van der Waals surface area contributed by atoms with Crippen LogP contribution in [0.2, 0.25) is 0 Å². The van der Waals surface area contributed by atoms with E-state index in [0.717, 1.165) is 54.3 Å². The molecule has 4 rings (SSSR count). The minimum atomic E-state index is 0.106. The van der Waals surface area contributed by atoms with E-state index in [2.05, 4.69) is 27.2 Å². The van der Waals surface area contributed by atoms with Crippen LogP contribution in [0, 0.1) is 13.8 Å². The van der Waals surface area contributed by atoms with Gasteiger partial charge in [-0.05, 0) is 37.1 Å². The summed E-state index contributed by atoms with van der Waals surface area (Å²) in [7, 11) is 0. The number of nitrogens with one attached hydrogen (secondary N) is 1. The number of H-pyrrole nitrogens is 1. The number of benzene rings is 2. The van der Waals surface area contributed by atoms with Crippen molar-refractivity contribution in [2.24, 2.45) is 0 Å². The normalized spacial score (nSPS) is 14.4. The largest absolute Gasteiger partial charge is 0.365 e. The number of anilines is 1. The summed E-state index contributed by atoms with van der Waals surface area (Å²) in [4.78, 5) is 17.1. The van der Waals surface area contributed by atoms with Crippen molar-refractivity contribution in [2.75, 3.05) is 31.1 Å². The second-order valence-electron chi connectivity index (χ2n) is 7.01. The first kappa shape index (κ1) is 17.3. The molecule has 2 heterocycles. The molecule has 1 N–H and O–H groups in total. The Kier molecular flexibility index (Phi) is 4.67. The number of amides is 1. The van der Waals surface area contributed by atoms with E-state index in [0.29, 0.717) is 0 Å². The van der Waals surface area contributed by atoms with Gasteiger partial charge >= 0.3 is 0 Å². The second-order valence-corrected chi connectivity index (χ2v) is 7.01. The molecular formula is C22H24N4O. The van der Waals surface area contributed by atoms with Crippen molar-refractivity contribution in [3.05, 3.63) is 71.5 Å². The Balaban J connectivity index is 1.42. The molecule has 0 spiro atoms. The van der Waals surface area contributed by atoms with Gasteiger partial charge in [-0.25, -0.2) is 0 Å². The first-order valence-corrected chi connectivity index (χ1v) is 9.35. The van der Waals surface area contributed by atoms with Crippen LogP contribution in [0.1, 0.15) is 21.7 Å². The molecule has 5 nitrogen and oxygen atoms in total. The summed E-state index contributed by atoms with van der Waals surface area (Å²) in [5.41, 5.74) is 6.32. The fraction of sp³-hybridized carbons (Fsp3) is 0.273. The van der Waals surface area contributed by atoms with Gasteiger partial charge in [0.05, 0.1) is 17.1 Å². The summed E-state index contributed by atoms with van der Waals surface area (Å²) in [5.74, 6) is 0.106. The zero-order valence-electron chi connectivity index (χ0n) is 15.8. The van der Waals surface area contributed by atoms with Gasteiger partial charge in [0, 0.05) is 31.7 Å². The van der Waals surface area contributed by atoms with E-state index in [4.69, 9.17) is 0 Å². The van der Waals surface area contributed by atoms with E-state index in [9.17, 15) is 4.79 Å². The SMILES string of the molecule is Cc1n[nH]c(C)c1N1CCN(C(=O)c2ccc(-c3ccccc3)cc2)CC1. The van der Waals surface area contributed by atoms with Gasteiger partial charge in [-0.3, -0.25) is 9.89 Å². The monoisotopic (exact) mass is 360 g/mol. The molecule has 5 heteroatoms. The van der Waals surface area contributed by atoms with Gasteiger partial charge in [-0.1, -0.05) is 42.5 Å². The number of aryl methyl sites for hydroxylation is 2. The highest BCUT2D eigenvalue weighted by Crippen LogP contribution is 2.24. The Morgan fingerprint density at radius 1 is 0.889 bits per heavy atom. The molecule has 1 aliphatic rings. The molecule has 27 heavy (non-hydrogen) atoms. The molecule has 1 aliphatic heterocycles. The van der Waals surface area contributed by atoms with Crippen LogP contribution in [0.4, 0.5) is 5.69 Å². The van der Waals surface area contributed by atoms with Crippen LogP contribution in [0.3, 0.4) is 0 Å². The number of piperazine rings is 1. The predicted molar refractivity (Wildman–Crippen MR) is 108 cm³/mol. The summed E-state index contributed by atoms with van der Waals surface area (Å²) < 4.78 is 0.